The number of nitrogens with one attached hydrogen (secondary N) is 1. The molecule has 0 aliphatic heterocycles. The van der Waals surface area contributed by atoms with E-state index in [4.69, 9.17) is 10.6 Å². The Morgan fingerprint density at radius 3 is 2.67 bits per heavy atom. The molecule has 0 bridgehead atoms. The van der Waals surface area contributed by atoms with Crippen molar-refractivity contribution in [3.05, 3.63) is 50.6 Å². The summed E-state index contributed by atoms with van der Waals surface area (Å²) < 4.78 is 6.80. The molecule has 1 unspecified atom stereocenters. The van der Waals surface area contributed by atoms with Crippen LogP contribution >= 0.6 is 27.3 Å². The summed E-state index contributed by atoms with van der Waals surface area (Å²) >= 11 is 5.22. The highest BCUT2D eigenvalue weighted by Crippen LogP contribution is 2.26. The van der Waals surface area contributed by atoms with Gasteiger partial charge in [0.25, 0.3) is 0 Å². The summed E-state index contributed by atoms with van der Waals surface area (Å²) in [6, 6.07) is 10.4. The van der Waals surface area contributed by atoms with Gasteiger partial charge in [-0.3, -0.25) is 11.3 Å². The monoisotopic (exact) mass is 368 g/mol. The lowest BCUT2D eigenvalue weighted by atomic mass is 10.0. The topological polar surface area (TPSA) is 47.3 Å². The molecule has 0 radical (unpaired) electrons. The van der Waals surface area contributed by atoms with Crippen LogP contribution in [-0.4, -0.2) is 6.61 Å². The standard InChI is InChI=1S/C16H21BrN2OS/c1-2-3-8-20-14-6-4-12(5-7-14)16(19-18)10-15-9-13(17)11-21-15/h4-7,9,11,16,19H,2-3,8,10,18H2,1H3. The zero-order valence-electron chi connectivity index (χ0n) is 12.1. The van der Waals surface area contributed by atoms with Gasteiger partial charge in [0.15, 0.2) is 0 Å². The summed E-state index contributed by atoms with van der Waals surface area (Å²) in [6.45, 7) is 2.94. The number of ether oxygens (including phenoxy) is 1. The first kappa shape index (κ1) is 16.5. The number of benzene rings is 1. The normalized spacial score (nSPS) is 12.3. The molecule has 2 rings (SSSR count). The molecule has 0 saturated carbocycles. The molecule has 0 saturated heterocycles. The molecule has 1 atom stereocenters. The summed E-state index contributed by atoms with van der Waals surface area (Å²) in [5.41, 5.74) is 4.07. The van der Waals surface area contributed by atoms with E-state index in [2.05, 4.69) is 51.9 Å². The van der Waals surface area contributed by atoms with Crippen LogP contribution in [0.15, 0.2) is 40.2 Å². The highest BCUT2D eigenvalue weighted by Gasteiger charge is 2.12. The molecule has 0 spiro atoms. The van der Waals surface area contributed by atoms with Crippen LogP contribution in [-0.2, 0) is 6.42 Å². The van der Waals surface area contributed by atoms with E-state index in [0.29, 0.717) is 0 Å². The van der Waals surface area contributed by atoms with Gasteiger partial charge in [-0.15, -0.1) is 11.3 Å². The Labute approximate surface area is 138 Å². The predicted octanol–water partition coefficient (Wildman–Crippen LogP) is 4.44. The minimum absolute atomic E-state index is 0.111. The Hall–Kier alpha value is -0.880. The van der Waals surface area contributed by atoms with E-state index in [9.17, 15) is 0 Å². The molecule has 2 aromatic rings. The van der Waals surface area contributed by atoms with Crippen molar-refractivity contribution in [3.8, 4) is 5.75 Å². The first-order valence-electron chi connectivity index (χ1n) is 7.14. The van der Waals surface area contributed by atoms with Gasteiger partial charge in [0, 0.05) is 21.2 Å². The summed E-state index contributed by atoms with van der Waals surface area (Å²) in [4.78, 5) is 1.30. The van der Waals surface area contributed by atoms with Gasteiger partial charge in [0.05, 0.1) is 12.6 Å². The zero-order chi connectivity index (χ0) is 15.1. The smallest absolute Gasteiger partial charge is 0.119 e. The van der Waals surface area contributed by atoms with Crippen LogP contribution in [0, 0.1) is 0 Å². The second kappa shape index (κ2) is 8.54. The summed E-state index contributed by atoms with van der Waals surface area (Å²) in [5, 5.41) is 2.09. The summed E-state index contributed by atoms with van der Waals surface area (Å²) in [7, 11) is 0. The van der Waals surface area contributed by atoms with Crippen LogP contribution in [0.4, 0.5) is 0 Å². The fraction of sp³-hybridized carbons (Fsp3) is 0.375. The third kappa shape index (κ3) is 5.11. The van der Waals surface area contributed by atoms with Crippen molar-refractivity contribution in [1.82, 2.24) is 5.43 Å². The lowest BCUT2D eigenvalue weighted by molar-refractivity contribution is 0.309. The molecule has 5 heteroatoms. The molecular formula is C16H21BrN2OS. The molecule has 1 aromatic heterocycles. The number of hydrogen-bond acceptors (Lipinski definition) is 4. The lowest BCUT2D eigenvalue weighted by Gasteiger charge is -2.16. The number of rotatable bonds is 8. The van der Waals surface area contributed by atoms with E-state index in [1.54, 1.807) is 11.3 Å². The van der Waals surface area contributed by atoms with Gasteiger partial charge >= 0.3 is 0 Å². The van der Waals surface area contributed by atoms with Gasteiger partial charge in [0.1, 0.15) is 5.75 Å². The average molecular weight is 369 g/mol. The zero-order valence-corrected chi connectivity index (χ0v) is 14.5. The summed E-state index contributed by atoms with van der Waals surface area (Å²) in [5.74, 6) is 6.63. The molecule has 0 aliphatic carbocycles. The maximum absolute atomic E-state index is 5.71. The first-order valence-corrected chi connectivity index (χ1v) is 8.82. The maximum Gasteiger partial charge on any atom is 0.119 e. The van der Waals surface area contributed by atoms with Crippen molar-refractivity contribution < 1.29 is 4.74 Å². The summed E-state index contributed by atoms with van der Waals surface area (Å²) in [6.07, 6.45) is 3.11. The number of hydrogen-bond donors (Lipinski definition) is 2. The molecular weight excluding hydrogens is 348 g/mol. The third-order valence-corrected chi connectivity index (χ3v) is 5.00. The molecule has 114 valence electrons. The minimum Gasteiger partial charge on any atom is -0.494 e. The predicted molar refractivity (Wildman–Crippen MR) is 92.6 cm³/mol. The van der Waals surface area contributed by atoms with Gasteiger partial charge in [-0.05, 0) is 46.1 Å². The Morgan fingerprint density at radius 1 is 1.33 bits per heavy atom. The minimum atomic E-state index is 0.111. The van der Waals surface area contributed by atoms with E-state index < -0.39 is 0 Å². The van der Waals surface area contributed by atoms with Crippen molar-refractivity contribution in [1.29, 1.82) is 0 Å². The highest BCUT2D eigenvalue weighted by atomic mass is 79.9. The van der Waals surface area contributed by atoms with Crippen LogP contribution in [0.2, 0.25) is 0 Å². The van der Waals surface area contributed by atoms with Crippen molar-refractivity contribution in [2.75, 3.05) is 6.61 Å². The van der Waals surface area contributed by atoms with E-state index in [0.717, 1.165) is 36.1 Å². The van der Waals surface area contributed by atoms with Gasteiger partial charge in [-0.2, -0.15) is 0 Å². The van der Waals surface area contributed by atoms with Gasteiger partial charge < -0.3 is 4.74 Å². The second-order valence-electron chi connectivity index (χ2n) is 4.93. The Balaban J connectivity index is 1.98. The Kier molecular flexibility index (Phi) is 6.70. The number of unbranched alkanes of at least 4 members (excludes halogenated alkanes) is 1. The van der Waals surface area contributed by atoms with Crippen molar-refractivity contribution in [3.63, 3.8) is 0 Å². The molecule has 21 heavy (non-hydrogen) atoms. The van der Waals surface area contributed by atoms with Crippen LogP contribution in [0.5, 0.6) is 5.75 Å². The number of nitrogens with two attached hydrogens (primary N) is 1. The van der Waals surface area contributed by atoms with Crippen LogP contribution in [0.3, 0.4) is 0 Å². The van der Waals surface area contributed by atoms with Gasteiger partial charge in [0.2, 0.25) is 0 Å². The van der Waals surface area contributed by atoms with Crippen LogP contribution in [0.1, 0.15) is 36.2 Å². The maximum atomic E-state index is 5.71. The molecule has 1 heterocycles. The van der Waals surface area contributed by atoms with Crippen molar-refractivity contribution >= 4 is 27.3 Å². The fourth-order valence-corrected chi connectivity index (χ4v) is 3.56. The Morgan fingerprint density at radius 2 is 2.10 bits per heavy atom. The van der Waals surface area contributed by atoms with E-state index >= 15 is 0 Å². The highest BCUT2D eigenvalue weighted by molar-refractivity contribution is 9.10. The van der Waals surface area contributed by atoms with E-state index in [-0.39, 0.29) is 6.04 Å². The van der Waals surface area contributed by atoms with Crippen molar-refractivity contribution in [2.45, 2.75) is 32.2 Å². The number of halogens is 1. The average Bonchev–Trinajstić information content (AvgIpc) is 2.91. The SMILES string of the molecule is CCCCOc1ccc(C(Cc2cc(Br)cs2)NN)cc1. The molecule has 3 N–H and O–H groups in total. The third-order valence-electron chi connectivity index (χ3n) is 3.28. The fourth-order valence-electron chi connectivity index (χ4n) is 2.07. The molecule has 0 fully saturated rings. The number of hydrazine groups is 1. The lowest BCUT2D eigenvalue weighted by Crippen LogP contribution is -2.29. The van der Waals surface area contributed by atoms with E-state index in [1.165, 1.54) is 10.4 Å². The largest absolute Gasteiger partial charge is 0.494 e. The van der Waals surface area contributed by atoms with Gasteiger partial charge in [-0.25, -0.2) is 0 Å². The molecule has 3 nitrogen and oxygen atoms in total. The Bertz CT molecular complexity index is 541. The second-order valence-corrected chi connectivity index (χ2v) is 6.84. The quantitative estimate of drug-likeness (QED) is 0.411. The molecule has 0 aliphatic rings. The van der Waals surface area contributed by atoms with Crippen LogP contribution in [0.25, 0.3) is 0 Å². The van der Waals surface area contributed by atoms with Crippen LogP contribution < -0.4 is 16.0 Å². The van der Waals surface area contributed by atoms with Gasteiger partial charge in [-0.1, -0.05) is 25.5 Å². The molecule has 1 aromatic carbocycles. The number of thiophene rings is 1. The first-order chi connectivity index (χ1) is 10.2. The van der Waals surface area contributed by atoms with Crippen molar-refractivity contribution in [2.24, 2.45) is 5.84 Å². The molecule has 0 amide bonds. The van der Waals surface area contributed by atoms with E-state index in [1.807, 2.05) is 12.1 Å².